The molecular weight excluding hydrogens is 288 g/mol. The molecule has 0 saturated heterocycles. The van der Waals surface area contributed by atoms with Crippen LogP contribution in [0.15, 0.2) is 29.2 Å². The largest absolute Gasteiger partial charge is 0.325 e. The van der Waals surface area contributed by atoms with Gasteiger partial charge in [0.15, 0.2) is 0 Å². The van der Waals surface area contributed by atoms with Crippen molar-refractivity contribution in [2.24, 2.45) is 0 Å². The van der Waals surface area contributed by atoms with Gasteiger partial charge in [0.1, 0.15) is 5.38 Å². The summed E-state index contributed by atoms with van der Waals surface area (Å²) >= 11 is 5.62. The van der Waals surface area contributed by atoms with Crippen molar-refractivity contribution in [1.82, 2.24) is 4.72 Å². The van der Waals surface area contributed by atoms with Crippen LogP contribution in [-0.2, 0) is 14.8 Å². The highest BCUT2D eigenvalue weighted by molar-refractivity contribution is 7.89. The standard InChI is InChI=1S/C12H17ClN2O3S/c1-3-8-14-19(17,18)11-6-4-10(5-7-11)15-12(16)9(2)13/h4-7,9,14H,3,8H2,1-2H3,(H,15,16). The molecule has 0 bridgehead atoms. The van der Waals surface area contributed by atoms with Crippen molar-refractivity contribution < 1.29 is 13.2 Å². The van der Waals surface area contributed by atoms with Crippen LogP contribution in [0.3, 0.4) is 0 Å². The molecule has 0 heterocycles. The number of carbonyl (C=O) groups is 1. The van der Waals surface area contributed by atoms with Gasteiger partial charge in [-0.15, -0.1) is 11.6 Å². The molecule has 106 valence electrons. The zero-order chi connectivity index (χ0) is 14.5. The molecule has 1 amide bonds. The Morgan fingerprint density at radius 2 is 1.89 bits per heavy atom. The average molecular weight is 305 g/mol. The van der Waals surface area contributed by atoms with E-state index in [1.807, 2.05) is 6.92 Å². The number of sulfonamides is 1. The van der Waals surface area contributed by atoms with Crippen molar-refractivity contribution in [3.63, 3.8) is 0 Å². The molecule has 1 unspecified atom stereocenters. The lowest BCUT2D eigenvalue weighted by Gasteiger charge is -2.08. The molecule has 19 heavy (non-hydrogen) atoms. The smallest absolute Gasteiger partial charge is 0.242 e. The van der Waals surface area contributed by atoms with Crippen LogP contribution in [0.25, 0.3) is 0 Å². The van der Waals surface area contributed by atoms with Crippen LogP contribution in [0.5, 0.6) is 0 Å². The van der Waals surface area contributed by atoms with Crippen LogP contribution in [0.2, 0.25) is 0 Å². The molecule has 1 rings (SSSR count). The molecule has 0 aliphatic rings. The second kappa shape index (κ2) is 6.88. The molecule has 1 aromatic carbocycles. The molecule has 1 atom stereocenters. The van der Waals surface area contributed by atoms with E-state index in [9.17, 15) is 13.2 Å². The van der Waals surface area contributed by atoms with E-state index in [0.29, 0.717) is 12.2 Å². The third-order valence-electron chi connectivity index (χ3n) is 2.34. The second-order valence-corrected chi connectivity index (χ2v) is 6.45. The number of hydrogen-bond acceptors (Lipinski definition) is 3. The van der Waals surface area contributed by atoms with E-state index >= 15 is 0 Å². The second-order valence-electron chi connectivity index (χ2n) is 4.03. The van der Waals surface area contributed by atoms with Gasteiger partial charge in [0.05, 0.1) is 4.90 Å². The number of amides is 1. The van der Waals surface area contributed by atoms with Crippen LogP contribution < -0.4 is 10.0 Å². The van der Waals surface area contributed by atoms with Crippen molar-refractivity contribution >= 4 is 33.2 Å². The predicted octanol–water partition coefficient (Wildman–Crippen LogP) is 1.94. The molecule has 0 aromatic heterocycles. The minimum Gasteiger partial charge on any atom is -0.325 e. The lowest BCUT2D eigenvalue weighted by atomic mass is 10.3. The van der Waals surface area contributed by atoms with Crippen molar-refractivity contribution in [1.29, 1.82) is 0 Å². The van der Waals surface area contributed by atoms with E-state index in [0.717, 1.165) is 6.42 Å². The fourth-order valence-corrected chi connectivity index (χ4v) is 2.47. The number of anilines is 1. The number of hydrogen-bond donors (Lipinski definition) is 2. The summed E-state index contributed by atoms with van der Waals surface area (Å²) in [6.07, 6.45) is 0.723. The van der Waals surface area contributed by atoms with Gasteiger partial charge in [0.2, 0.25) is 15.9 Å². The molecule has 7 heteroatoms. The first-order valence-electron chi connectivity index (χ1n) is 5.91. The summed E-state index contributed by atoms with van der Waals surface area (Å²) < 4.78 is 26.1. The van der Waals surface area contributed by atoms with E-state index in [1.165, 1.54) is 24.3 Å². The Morgan fingerprint density at radius 3 is 2.37 bits per heavy atom. The fraction of sp³-hybridized carbons (Fsp3) is 0.417. The maximum atomic E-state index is 11.8. The lowest BCUT2D eigenvalue weighted by molar-refractivity contribution is -0.115. The Labute approximate surface area is 118 Å². The van der Waals surface area contributed by atoms with Gasteiger partial charge in [-0.3, -0.25) is 4.79 Å². The van der Waals surface area contributed by atoms with Crippen molar-refractivity contribution in [2.45, 2.75) is 30.5 Å². The van der Waals surface area contributed by atoms with Crippen molar-refractivity contribution in [3.8, 4) is 0 Å². The normalized spacial score (nSPS) is 13.0. The zero-order valence-corrected chi connectivity index (χ0v) is 12.4. The van der Waals surface area contributed by atoms with Crippen LogP contribution in [0.1, 0.15) is 20.3 Å². The molecule has 1 aromatic rings. The first kappa shape index (κ1) is 15.9. The van der Waals surface area contributed by atoms with E-state index in [2.05, 4.69) is 10.0 Å². The van der Waals surface area contributed by atoms with E-state index < -0.39 is 15.4 Å². The Balaban J connectivity index is 2.79. The monoisotopic (exact) mass is 304 g/mol. The highest BCUT2D eigenvalue weighted by atomic mass is 35.5. The van der Waals surface area contributed by atoms with Crippen LogP contribution >= 0.6 is 11.6 Å². The van der Waals surface area contributed by atoms with E-state index in [-0.39, 0.29) is 10.8 Å². The average Bonchev–Trinajstić information content (AvgIpc) is 2.37. The third kappa shape index (κ3) is 4.81. The van der Waals surface area contributed by atoms with Gasteiger partial charge in [0.25, 0.3) is 0 Å². The van der Waals surface area contributed by atoms with E-state index in [4.69, 9.17) is 11.6 Å². The molecular formula is C12H17ClN2O3S. The maximum Gasteiger partial charge on any atom is 0.242 e. The zero-order valence-electron chi connectivity index (χ0n) is 10.8. The molecule has 0 fully saturated rings. The van der Waals surface area contributed by atoms with Crippen LogP contribution in [0.4, 0.5) is 5.69 Å². The van der Waals surface area contributed by atoms with Gasteiger partial charge < -0.3 is 5.32 Å². The number of halogens is 1. The summed E-state index contributed by atoms with van der Waals surface area (Å²) in [5.74, 6) is -0.332. The van der Waals surface area contributed by atoms with E-state index in [1.54, 1.807) is 6.92 Å². The van der Waals surface area contributed by atoms with Gasteiger partial charge in [0, 0.05) is 12.2 Å². The van der Waals surface area contributed by atoms with Gasteiger partial charge in [-0.2, -0.15) is 0 Å². The minimum absolute atomic E-state index is 0.165. The summed E-state index contributed by atoms with van der Waals surface area (Å²) in [5.41, 5.74) is 0.506. The summed E-state index contributed by atoms with van der Waals surface area (Å²) in [6, 6.07) is 5.92. The number of rotatable bonds is 6. The van der Waals surface area contributed by atoms with Gasteiger partial charge in [-0.25, -0.2) is 13.1 Å². The number of carbonyl (C=O) groups excluding carboxylic acids is 1. The Kier molecular flexibility index (Phi) is 5.78. The maximum absolute atomic E-state index is 11.8. The molecule has 0 radical (unpaired) electrons. The quantitative estimate of drug-likeness (QED) is 0.789. The summed E-state index contributed by atoms with van der Waals surface area (Å²) in [4.78, 5) is 11.5. The van der Waals surface area contributed by atoms with Gasteiger partial charge in [-0.1, -0.05) is 6.92 Å². The van der Waals surface area contributed by atoms with Crippen LogP contribution in [0, 0.1) is 0 Å². The summed E-state index contributed by atoms with van der Waals surface area (Å²) in [7, 11) is -3.47. The number of nitrogens with one attached hydrogen (secondary N) is 2. The number of alkyl halides is 1. The Bertz CT molecular complexity index is 526. The fourth-order valence-electron chi connectivity index (χ4n) is 1.28. The molecule has 0 spiro atoms. The molecule has 0 aliphatic carbocycles. The Morgan fingerprint density at radius 1 is 1.32 bits per heavy atom. The summed E-state index contributed by atoms with van der Waals surface area (Å²) in [5, 5.41) is 1.93. The van der Waals surface area contributed by atoms with Crippen molar-refractivity contribution in [3.05, 3.63) is 24.3 Å². The topological polar surface area (TPSA) is 75.3 Å². The first-order chi connectivity index (χ1) is 8.86. The number of benzene rings is 1. The Hall–Kier alpha value is -1.11. The molecule has 2 N–H and O–H groups in total. The minimum atomic E-state index is -3.47. The highest BCUT2D eigenvalue weighted by Crippen LogP contribution is 2.14. The molecule has 5 nitrogen and oxygen atoms in total. The predicted molar refractivity (Wildman–Crippen MR) is 75.9 cm³/mol. The van der Waals surface area contributed by atoms with Gasteiger partial charge >= 0.3 is 0 Å². The third-order valence-corrected chi connectivity index (χ3v) is 4.01. The first-order valence-corrected chi connectivity index (χ1v) is 7.83. The van der Waals surface area contributed by atoms with Crippen molar-refractivity contribution in [2.75, 3.05) is 11.9 Å². The SMILES string of the molecule is CCCNS(=O)(=O)c1ccc(NC(=O)C(C)Cl)cc1. The van der Waals surface area contributed by atoms with Crippen LogP contribution in [-0.4, -0.2) is 26.2 Å². The highest BCUT2D eigenvalue weighted by Gasteiger charge is 2.13. The molecule has 0 aliphatic heterocycles. The van der Waals surface area contributed by atoms with Gasteiger partial charge in [-0.05, 0) is 37.6 Å². The summed E-state index contributed by atoms with van der Waals surface area (Å²) in [6.45, 7) is 3.84. The molecule has 0 saturated carbocycles. The lowest BCUT2D eigenvalue weighted by Crippen LogP contribution is -2.24.